The largest absolute Gasteiger partial charge is 0.478 e. The molecule has 0 aliphatic rings. The van der Waals surface area contributed by atoms with Crippen molar-refractivity contribution in [2.75, 3.05) is 0 Å². The van der Waals surface area contributed by atoms with E-state index in [9.17, 15) is 24.3 Å². The molecule has 0 fully saturated rings. The first-order valence-electron chi connectivity index (χ1n) is 9.95. The van der Waals surface area contributed by atoms with Crippen molar-refractivity contribution in [3.63, 3.8) is 0 Å². The smallest absolute Gasteiger partial charge is 0.349 e. The summed E-state index contributed by atoms with van der Waals surface area (Å²) in [5, 5.41) is 19.3. The first-order valence-corrected chi connectivity index (χ1v) is 9.95. The quantitative estimate of drug-likeness (QED) is 0.222. The number of carboxylic acid groups (broad SMARTS) is 1. The van der Waals surface area contributed by atoms with E-state index >= 15 is 0 Å². The van der Waals surface area contributed by atoms with Crippen LogP contribution in [0.1, 0.15) is 57.5 Å². The molecule has 33 heavy (non-hydrogen) atoms. The van der Waals surface area contributed by atoms with Gasteiger partial charge >= 0.3 is 17.9 Å². The second kappa shape index (κ2) is 8.57. The number of fused-ring (bicyclic) bond motifs is 1. The van der Waals surface area contributed by atoms with Gasteiger partial charge in [-0.15, -0.1) is 0 Å². The van der Waals surface area contributed by atoms with E-state index in [1.54, 1.807) is 41.5 Å². The number of ether oxygens (including phenoxy) is 2. The fourth-order valence-corrected chi connectivity index (χ4v) is 2.97. The maximum absolute atomic E-state index is 13.4. The Kier molecular flexibility index (Phi) is 6.59. The van der Waals surface area contributed by atoms with Crippen LogP contribution < -0.4 is 16.6 Å². The van der Waals surface area contributed by atoms with Crippen LogP contribution in [0.2, 0.25) is 0 Å². The predicted molar refractivity (Wildman–Crippen MR) is 119 cm³/mol. The van der Waals surface area contributed by atoms with Crippen molar-refractivity contribution in [2.24, 2.45) is 5.73 Å². The van der Waals surface area contributed by atoms with Crippen LogP contribution in [0.5, 0.6) is 0 Å². The van der Waals surface area contributed by atoms with E-state index < -0.39 is 46.2 Å². The van der Waals surface area contributed by atoms with Gasteiger partial charge in [-0.1, -0.05) is 6.07 Å². The van der Waals surface area contributed by atoms with Crippen LogP contribution in [-0.2, 0) is 24.6 Å². The molecule has 0 aliphatic carbocycles. The molecule has 0 aromatic carbocycles. The van der Waals surface area contributed by atoms with Crippen LogP contribution in [0.3, 0.4) is 0 Å². The van der Waals surface area contributed by atoms with Crippen LogP contribution in [0.15, 0.2) is 35.3 Å². The van der Waals surface area contributed by atoms with E-state index in [1.165, 1.54) is 24.4 Å². The monoisotopic (exact) mass is 460 g/mol. The summed E-state index contributed by atoms with van der Waals surface area (Å²) in [6.07, 6.45) is 1.17. The highest BCUT2D eigenvalue weighted by Crippen LogP contribution is 2.29. The van der Waals surface area contributed by atoms with Crippen LogP contribution >= 0.6 is 0 Å². The van der Waals surface area contributed by atoms with Gasteiger partial charge in [-0.05, 0) is 53.7 Å². The lowest BCUT2D eigenvalue weighted by Crippen LogP contribution is -2.62. The Balaban J connectivity index is 2.86. The van der Waals surface area contributed by atoms with Gasteiger partial charge in [0.25, 0.3) is 11.1 Å². The molecular weight excluding hydrogens is 432 g/mol. The van der Waals surface area contributed by atoms with Crippen LogP contribution in [0.4, 0.5) is 0 Å². The topological polar surface area (TPSA) is 173 Å². The van der Waals surface area contributed by atoms with E-state index in [4.69, 9.17) is 20.6 Å². The molecule has 11 nitrogen and oxygen atoms in total. The minimum Gasteiger partial charge on any atom is -0.478 e. The summed E-state index contributed by atoms with van der Waals surface area (Å²) in [6, 6.07) is 4.84. The number of nitrogens with zero attached hydrogens (tertiary/aromatic N) is 1. The van der Waals surface area contributed by atoms with Gasteiger partial charge in [0.05, 0.1) is 5.56 Å². The van der Waals surface area contributed by atoms with E-state index in [0.29, 0.717) is 0 Å². The Labute approximate surface area is 190 Å². The number of aromatic nitrogens is 1. The number of carbonyl (C=O) groups excluding carboxylic acids is 2. The highest BCUT2D eigenvalue weighted by molar-refractivity contribution is 6.08. The summed E-state index contributed by atoms with van der Waals surface area (Å²) in [4.78, 5) is 50.7. The normalized spacial score (nSPS) is 12.2. The minimum absolute atomic E-state index is 0.0983. The van der Waals surface area contributed by atoms with Gasteiger partial charge in [-0.25, -0.2) is 14.4 Å². The Bertz CT molecular complexity index is 1160. The number of nitrogens with one attached hydrogen (secondary N) is 2. The fraction of sp³-hybridized carbons (Fsp3) is 0.409. The Morgan fingerprint density at radius 1 is 1.00 bits per heavy atom. The Morgan fingerprint density at radius 3 is 1.94 bits per heavy atom. The van der Waals surface area contributed by atoms with Crippen LogP contribution in [0, 0.1) is 5.41 Å². The van der Waals surface area contributed by atoms with Gasteiger partial charge < -0.3 is 25.6 Å². The molecule has 11 heteroatoms. The maximum atomic E-state index is 13.4. The van der Waals surface area contributed by atoms with E-state index in [-0.39, 0.29) is 16.6 Å². The number of carboxylic acids is 1. The van der Waals surface area contributed by atoms with Gasteiger partial charge in [-0.3, -0.25) is 14.6 Å². The molecule has 0 aliphatic heterocycles. The van der Waals surface area contributed by atoms with Crippen molar-refractivity contribution in [3.8, 4) is 0 Å². The number of hydrogen-bond acceptors (Lipinski definition) is 7. The van der Waals surface area contributed by atoms with Crippen LogP contribution in [-0.4, -0.2) is 44.6 Å². The molecule has 2 rings (SSSR count). The van der Waals surface area contributed by atoms with Gasteiger partial charge in [-0.2, -0.15) is 0 Å². The number of esters is 2. The van der Waals surface area contributed by atoms with Crippen molar-refractivity contribution in [1.82, 2.24) is 9.72 Å². The lowest BCUT2D eigenvalue weighted by atomic mass is 9.90. The summed E-state index contributed by atoms with van der Waals surface area (Å²) in [7, 11) is 0. The zero-order valence-corrected chi connectivity index (χ0v) is 19.3. The predicted octanol–water partition coefficient (Wildman–Crippen LogP) is 1.36. The molecule has 2 aromatic heterocycles. The summed E-state index contributed by atoms with van der Waals surface area (Å²) in [6.45, 7) is 9.56. The lowest BCUT2D eigenvalue weighted by molar-refractivity contribution is -0.179. The number of hydrogen-bond donors (Lipinski definition) is 4. The molecule has 0 spiro atoms. The number of nitrogens with two attached hydrogens (primary N) is 1. The molecule has 0 unspecified atom stereocenters. The van der Waals surface area contributed by atoms with E-state index in [2.05, 4.69) is 5.32 Å². The lowest BCUT2D eigenvalue weighted by Gasteiger charge is -2.35. The fourth-order valence-electron chi connectivity index (χ4n) is 2.97. The molecule has 0 saturated heterocycles. The number of rotatable bonds is 5. The zero-order valence-electron chi connectivity index (χ0n) is 19.3. The summed E-state index contributed by atoms with van der Waals surface area (Å²) >= 11 is 0. The number of pyridine rings is 2. The van der Waals surface area contributed by atoms with Gasteiger partial charge in [0.2, 0.25) is 0 Å². The third-order valence-corrected chi connectivity index (χ3v) is 4.21. The summed E-state index contributed by atoms with van der Waals surface area (Å²) in [5.41, 5.74) is 0.241. The standard InChI is InChI=1S/C22H28N4O7/c1-20(2,3)32-17(30)22(25-19(23)24,18(31)33-21(4,5)6)13-7-8-14-9-12(16(28)29)10-15(27)26(14)11-13/h7-11H,1-6H3,(H,28,29)(H4,23,24,25). The zero-order chi connectivity index (χ0) is 25.4. The number of guanidine groups is 1. The van der Waals surface area contributed by atoms with Gasteiger partial charge in [0.15, 0.2) is 5.96 Å². The highest BCUT2D eigenvalue weighted by atomic mass is 16.6. The average molecular weight is 460 g/mol. The highest BCUT2D eigenvalue weighted by Gasteiger charge is 2.54. The molecule has 0 atom stereocenters. The molecule has 2 heterocycles. The molecule has 0 radical (unpaired) electrons. The third-order valence-electron chi connectivity index (χ3n) is 4.21. The van der Waals surface area contributed by atoms with Crippen molar-refractivity contribution in [2.45, 2.75) is 58.3 Å². The van der Waals surface area contributed by atoms with Crippen molar-refractivity contribution in [1.29, 1.82) is 5.41 Å². The van der Waals surface area contributed by atoms with Crippen molar-refractivity contribution >= 4 is 29.4 Å². The van der Waals surface area contributed by atoms with Crippen molar-refractivity contribution in [3.05, 3.63) is 51.9 Å². The number of aromatic carboxylic acids is 1. The SMILES string of the molecule is CC(C)(C)OC(=O)C(NC(=N)N)(C(=O)OC(C)(C)C)c1ccc2cc(C(=O)O)cc(=O)n2c1. The minimum atomic E-state index is -2.43. The average Bonchev–Trinajstić information content (AvgIpc) is 2.62. The Hall–Kier alpha value is -3.89. The molecule has 2 aromatic rings. The van der Waals surface area contributed by atoms with E-state index in [1.807, 2.05) is 0 Å². The summed E-state index contributed by atoms with van der Waals surface area (Å²) in [5.74, 6) is -4.21. The van der Waals surface area contributed by atoms with E-state index in [0.717, 1.165) is 10.5 Å². The molecule has 0 amide bonds. The molecule has 5 N–H and O–H groups in total. The molecule has 0 bridgehead atoms. The Morgan fingerprint density at radius 2 is 1.52 bits per heavy atom. The maximum Gasteiger partial charge on any atom is 0.349 e. The van der Waals surface area contributed by atoms with Gasteiger partial charge in [0.1, 0.15) is 11.2 Å². The second-order valence-electron chi connectivity index (χ2n) is 9.39. The number of carbonyl (C=O) groups is 3. The molecular formula is C22H28N4O7. The third kappa shape index (κ3) is 5.68. The first-order chi connectivity index (χ1) is 15.0. The molecule has 178 valence electrons. The summed E-state index contributed by atoms with van der Waals surface area (Å²) < 4.78 is 12.0. The van der Waals surface area contributed by atoms with Crippen LogP contribution in [0.25, 0.3) is 5.52 Å². The van der Waals surface area contributed by atoms with Crippen molar-refractivity contribution < 1.29 is 29.0 Å². The van der Waals surface area contributed by atoms with Gasteiger partial charge in [0, 0.05) is 23.3 Å². The second-order valence-corrected chi connectivity index (χ2v) is 9.39. The molecule has 0 saturated carbocycles. The first kappa shape index (κ1) is 25.4.